The molecule has 194 valence electrons. The van der Waals surface area contributed by atoms with E-state index >= 15 is 0 Å². The monoisotopic (exact) mass is 499 g/mol. The van der Waals surface area contributed by atoms with Crippen molar-refractivity contribution in [1.29, 1.82) is 0 Å². The van der Waals surface area contributed by atoms with Crippen LogP contribution in [0, 0.1) is 6.92 Å². The summed E-state index contributed by atoms with van der Waals surface area (Å²) in [5, 5.41) is 6.00. The number of anilines is 1. The van der Waals surface area contributed by atoms with Crippen LogP contribution in [0.2, 0.25) is 0 Å². The Kier molecular flexibility index (Phi) is 7.60. The van der Waals surface area contributed by atoms with Crippen molar-refractivity contribution in [3.8, 4) is 11.1 Å². The summed E-state index contributed by atoms with van der Waals surface area (Å²) in [4.78, 5) is 37.9. The van der Waals surface area contributed by atoms with Crippen molar-refractivity contribution in [2.24, 2.45) is 7.05 Å². The standard InChI is InChI=1S/C25H33N5O6/c1-7-18-12-17(9-10-35-18)30(25(32)34-8-2)21-19-11-16(20-14-28(4)27-15(20)3)13-26-23(19)36-22(21)24(31)29(5)33-6/h11,13-14,17-18H,7-10,12H2,1-6H3/t17-,18-/m0/s1. The summed E-state index contributed by atoms with van der Waals surface area (Å²) in [6.45, 7) is 6.39. The summed E-state index contributed by atoms with van der Waals surface area (Å²) in [5.41, 5.74) is 3.06. The van der Waals surface area contributed by atoms with Gasteiger partial charge in [-0.2, -0.15) is 5.10 Å². The van der Waals surface area contributed by atoms with Crippen LogP contribution in [0.1, 0.15) is 49.4 Å². The molecule has 2 atom stereocenters. The van der Waals surface area contributed by atoms with Gasteiger partial charge in [-0.15, -0.1) is 0 Å². The lowest BCUT2D eigenvalue weighted by Gasteiger charge is -2.36. The van der Waals surface area contributed by atoms with Crippen molar-refractivity contribution < 1.29 is 28.3 Å². The molecular formula is C25H33N5O6. The SMILES string of the molecule is CCOC(=O)N(c1c(C(=O)N(C)OC)oc2ncc(-c3cn(C)nc3C)cc12)[C@H]1CCO[C@@H](CC)C1. The molecule has 0 spiro atoms. The van der Waals surface area contributed by atoms with E-state index in [-0.39, 0.29) is 30.2 Å². The predicted molar refractivity (Wildman–Crippen MR) is 133 cm³/mol. The highest BCUT2D eigenvalue weighted by atomic mass is 16.7. The van der Waals surface area contributed by atoms with Crippen molar-refractivity contribution in [2.75, 3.05) is 32.3 Å². The molecule has 36 heavy (non-hydrogen) atoms. The number of fused-ring (bicyclic) bond motifs is 1. The largest absolute Gasteiger partial charge is 0.449 e. The number of hydroxylamine groups is 2. The van der Waals surface area contributed by atoms with Crippen LogP contribution in [-0.4, -0.2) is 71.3 Å². The third-order valence-corrected chi connectivity index (χ3v) is 6.46. The molecule has 0 saturated carbocycles. The van der Waals surface area contributed by atoms with Gasteiger partial charge in [0.2, 0.25) is 11.5 Å². The van der Waals surface area contributed by atoms with E-state index < -0.39 is 12.0 Å². The first-order valence-electron chi connectivity index (χ1n) is 12.1. The molecule has 0 aliphatic carbocycles. The Bertz CT molecular complexity index is 1250. The molecule has 0 radical (unpaired) electrons. The molecule has 2 amide bonds. The Hall–Kier alpha value is -3.44. The van der Waals surface area contributed by atoms with Crippen molar-refractivity contribution in [2.45, 2.75) is 52.2 Å². The van der Waals surface area contributed by atoms with E-state index in [0.717, 1.165) is 28.3 Å². The molecule has 1 aliphatic heterocycles. The number of pyridine rings is 1. The summed E-state index contributed by atoms with van der Waals surface area (Å²) < 4.78 is 19.0. The first-order valence-corrected chi connectivity index (χ1v) is 12.1. The Balaban J connectivity index is 1.95. The van der Waals surface area contributed by atoms with Gasteiger partial charge in [0.25, 0.3) is 0 Å². The lowest BCUT2D eigenvalue weighted by Crippen LogP contribution is -2.46. The van der Waals surface area contributed by atoms with Gasteiger partial charge in [-0.3, -0.25) is 19.2 Å². The Morgan fingerprint density at radius 3 is 2.72 bits per heavy atom. The molecule has 1 saturated heterocycles. The van der Waals surface area contributed by atoms with Crippen LogP contribution in [0.5, 0.6) is 0 Å². The number of carbonyl (C=O) groups is 2. The normalized spacial score (nSPS) is 17.8. The lowest BCUT2D eigenvalue weighted by molar-refractivity contribution is -0.0772. The van der Waals surface area contributed by atoms with Gasteiger partial charge in [0.05, 0.1) is 30.9 Å². The van der Waals surface area contributed by atoms with Gasteiger partial charge in [0.1, 0.15) is 5.69 Å². The molecule has 0 N–H and O–H groups in total. The summed E-state index contributed by atoms with van der Waals surface area (Å²) in [6.07, 6.45) is 5.00. The van der Waals surface area contributed by atoms with Crippen LogP contribution >= 0.6 is 0 Å². The van der Waals surface area contributed by atoms with Crippen LogP contribution in [0.4, 0.5) is 10.5 Å². The van der Waals surface area contributed by atoms with E-state index in [1.54, 1.807) is 22.7 Å². The zero-order chi connectivity index (χ0) is 26.0. The van der Waals surface area contributed by atoms with Crippen LogP contribution in [0.3, 0.4) is 0 Å². The third-order valence-electron chi connectivity index (χ3n) is 6.46. The number of aromatic nitrogens is 3. The highest BCUT2D eigenvalue weighted by Gasteiger charge is 2.38. The smallest absolute Gasteiger partial charge is 0.414 e. The number of carbonyl (C=O) groups excluding carboxylic acids is 2. The zero-order valence-electron chi connectivity index (χ0n) is 21.6. The minimum absolute atomic E-state index is 0.00799. The average molecular weight is 500 g/mol. The summed E-state index contributed by atoms with van der Waals surface area (Å²) in [7, 11) is 4.71. The highest BCUT2D eigenvalue weighted by molar-refractivity contribution is 6.10. The maximum absolute atomic E-state index is 13.4. The van der Waals surface area contributed by atoms with Crippen LogP contribution in [0.25, 0.3) is 22.2 Å². The van der Waals surface area contributed by atoms with E-state index in [1.165, 1.54) is 14.2 Å². The number of furan rings is 1. The van der Waals surface area contributed by atoms with Crippen LogP contribution in [0.15, 0.2) is 22.9 Å². The third kappa shape index (κ3) is 4.80. The molecule has 0 bridgehead atoms. The summed E-state index contributed by atoms with van der Waals surface area (Å²) >= 11 is 0. The molecule has 0 aromatic carbocycles. The van der Waals surface area contributed by atoms with Gasteiger partial charge < -0.3 is 13.9 Å². The minimum atomic E-state index is -0.556. The van der Waals surface area contributed by atoms with Gasteiger partial charge >= 0.3 is 12.0 Å². The van der Waals surface area contributed by atoms with E-state index in [1.807, 2.05) is 33.2 Å². The van der Waals surface area contributed by atoms with E-state index in [0.29, 0.717) is 30.5 Å². The second-order valence-corrected chi connectivity index (χ2v) is 8.79. The molecule has 0 unspecified atom stereocenters. The first kappa shape index (κ1) is 25.6. The van der Waals surface area contributed by atoms with Gasteiger partial charge in [-0.1, -0.05) is 6.92 Å². The van der Waals surface area contributed by atoms with E-state index in [4.69, 9.17) is 18.7 Å². The Labute approximate surface area is 209 Å². The number of nitrogens with zero attached hydrogens (tertiary/aromatic N) is 5. The fourth-order valence-corrected chi connectivity index (χ4v) is 4.61. The number of hydrogen-bond acceptors (Lipinski definition) is 8. The predicted octanol–water partition coefficient (Wildman–Crippen LogP) is 4.09. The minimum Gasteiger partial charge on any atom is -0.449 e. The lowest BCUT2D eigenvalue weighted by atomic mass is 9.99. The summed E-state index contributed by atoms with van der Waals surface area (Å²) in [6, 6.07) is 1.61. The molecule has 11 heteroatoms. The number of aryl methyl sites for hydroxylation is 2. The fourth-order valence-electron chi connectivity index (χ4n) is 4.61. The van der Waals surface area contributed by atoms with Crippen LogP contribution < -0.4 is 4.90 Å². The highest BCUT2D eigenvalue weighted by Crippen LogP contribution is 2.39. The first-order chi connectivity index (χ1) is 17.3. The summed E-state index contributed by atoms with van der Waals surface area (Å²) in [5.74, 6) is -0.590. The maximum atomic E-state index is 13.4. The van der Waals surface area contributed by atoms with Gasteiger partial charge in [0.15, 0.2) is 0 Å². The number of rotatable bonds is 7. The topological polar surface area (TPSA) is 112 Å². The second kappa shape index (κ2) is 10.7. The van der Waals surface area contributed by atoms with Crippen LogP contribution in [-0.2, 0) is 21.4 Å². The molecule has 4 rings (SSSR count). The zero-order valence-corrected chi connectivity index (χ0v) is 21.6. The maximum Gasteiger partial charge on any atom is 0.414 e. The van der Waals surface area contributed by atoms with E-state index in [2.05, 4.69) is 10.1 Å². The quantitative estimate of drug-likeness (QED) is 0.447. The molecule has 11 nitrogen and oxygen atoms in total. The van der Waals surface area contributed by atoms with Crippen molar-refractivity contribution in [1.82, 2.24) is 19.8 Å². The Morgan fingerprint density at radius 1 is 1.31 bits per heavy atom. The Morgan fingerprint density at radius 2 is 2.08 bits per heavy atom. The molecule has 4 heterocycles. The number of ether oxygens (including phenoxy) is 2. The molecule has 3 aromatic rings. The number of amides is 2. The van der Waals surface area contributed by atoms with Gasteiger partial charge in [-0.05, 0) is 39.2 Å². The molecule has 1 fully saturated rings. The molecular weight excluding hydrogens is 466 g/mol. The van der Waals surface area contributed by atoms with E-state index in [9.17, 15) is 9.59 Å². The van der Waals surface area contributed by atoms with Crippen molar-refractivity contribution in [3.05, 3.63) is 29.9 Å². The number of hydrogen-bond donors (Lipinski definition) is 0. The van der Waals surface area contributed by atoms with Crippen molar-refractivity contribution in [3.63, 3.8) is 0 Å². The fraction of sp³-hybridized carbons (Fsp3) is 0.520. The molecule has 1 aliphatic rings. The van der Waals surface area contributed by atoms with Gasteiger partial charge in [0, 0.05) is 50.3 Å². The second-order valence-electron chi connectivity index (χ2n) is 8.79. The van der Waals surface area contributed by atoms with Crippen molar-refractivity contribution >= 4 is 28.8 Å². The van der Waals surface area contributed by atoms with Gasteiger partial charge in [-0.25, -0.2) is 14.8 Å². The average Bonchev–Trinajstić information content (AvgIpc) is 3.42. The molecule has 3 aromatic heterocycles.